The van der Waals surface area contributed by atoms with Gasteiger partial charge in [0.15, 0.2) is 0 Å². The summed E-state index contributed by atoms with van der Waals surface area (Å²) in [5.41, 5.74) is 1.19. The molecular formula is C11H12IN3O. The van der Waals surface area contributed by atoms with Gasteiger partial charge in [-0.05, 0) is 40.6 Å². The van der Waals surface area contributed by atoms with Gasteiger partial charge >= 0.3 is 0 Å². The van der Waals surface area contributed by atoms with Crippen molar-refractivity contribution in [3.8, 4) is 0 Å². The first-order valence-electron chi connectivity index (χ1n) is 4.99. The third kappa shape index (κ3) is 2.72. The molecule has 0 saturated carbocycles. The van der Waals surface area contributed by atoms with Crippen LogP contribution >= 0.6 is 22.6 Å². The predicted molar refractivity (Wildman–Crippen MR) is 70.3 cm³/mol. The van der Waals surface area contributed by atoms with Crippen molar-refractivity contribution in [3.05, 3.63) is 50.2 Å². The van der Waals surface area contributed by atoms with Crippen LogP contribution < -0.4 is 5.56 Å². The number of rotatable bonds is 3. The van der Waals surface area contributed by atoms with Crippen molar-refractivity contribution in [2.45, 2.75) is 13.0 Å². The van der Waals surface area contributed by atoms with E-state index < -0.39 is 0 Å². The highest BCUT2D eigenvalue weighted by Crippen LogP contribution is 2.02. The first-order valence-corrected chi connectivity index (χ1v) is 6.06. The minimum absolute atomic E-state index is 0.0457. The predicted octanol–water partition coefficient (Wildman–Crippen LogP) is 1.43. The van der Waals surface area contributed by atoms with E-state index in [0.717, 1.165) is 15.6 Å². The van der Waals surface area contributed by atoms with Crippen molar-refractivity contribution in [3.63, 3.8) is 0 Å². The number of halogens is 1. The maximum atomic E-state index is 11.5. The first kappa shape index (κ1) is 11.4. The van der Waals surface area contributed by atoms with Crippen LogP contribution in [0.5, 0.6) is 0 Å². The summed E-state index contributed by atoms with van der Waals surface area (Å²) in [5.74, 6) is 0. The van der Waals surface area contributed by atoms with Crippen LogP contribution in [0.1, 0.15) is 5.56 Å². The second kappa shape index (κ2) is 4.82. The number of nitrogens with zero attached hydrogens (tertiary/aromatic N) is 3. The van der Waals surface area contributed by atoms with Crippen molar-refractivity contribution in [1.82, 2.24) is 14.3 Å². The van der Waals surface area contributed by atoms with Gasteiger partial charge < -0.3 is 4.57 Å². The summed E-state index contributed by atoms with van der Waals surface area (Å²) < 4.78 is 4.57. The smallest absolute Gasteiger partial charge is 0.250 e. The first-order chi connectivity index (χ1) is 7.65. The van der Waals surface area contributed by atoms with Gasteiger partial charge in [-0.15, -0.1) is 0 Å². The lowest BCUT2D eigenvalue weighted by atomic mass is 10.2. The molecular weight excluding hydrogens is 317 g/mol. The Morgan fingerprint density at radius 1 is 1.38 bits per heavy atom. The molecule has 0 spiro atoms. The molecule has 16 heavy (non-hydrogen) atoms. The third-order valence-electron chi connectivity index (χ3n) is 2.35. The van der Waals surface area contributed by atoms with E-state index in [-0.39, 0.29) is 5.56 Å². The zero-order valence-corrected chi connectivity index (χ0v) is 11.1. The van der Waals surface area contributed by atoms with Crippen LogP contribution in [0.2, 0.25) is 0 Å². The summed E-state index contributed by atoms with van der Waals surface area (Å²) in [4.78, 5) is 11.5. The molecule has 0 unspecified atom stereocenters. The normalized spacial score (nSPS) is 10.6. The fraction of sp³-hybridized carbons (Fsp3) is 0.273. The summed E-state index contributed by atoms with van der Waals surface area (Å²) in [7, 11) is 1.89. The highest BCUT2D eigenvalue weighted by molar-refractivity contribution is 14.1. The second-order valence-corrected chi connectivity index (χ2v) is 4.90. The quantitative estimate of drug-likeness (QED) is 0.800. The molecule has 0 aliphatic heterocycles. The Hall–Kier alpha value is -1.11. The van der Waals surface area contributed by atoms with Crippen molar-refractivity contribution >= 4 is 22.6 Å². The molecule has 2 rings (SSSR count). The van der Waals surface area contributed by atoms with Crippen LogP contribution in [0.15, 0.2) is 35.5 Å². The van der Waals surface area contributed by atoms with Crippen LogP contribution in [0.3, 0.4) is 0 Å². The van der Waals surface area contributed by atoms with Gasteiger partial charge in [-0.1, -0.05) is 0 Å². The van der Waals surface area contributed by atoms with E-state index in [1.165, 1.54) is 0 Å². The molecule has 0 bridgehead atoms. The molecule has 0 saturated heterocycles. The fourth-order valence-electron chi connectivity index (χ4n) is 1.53. The molecule has 0 fully saturated rings. The molecule has 2 aromatic heterocycles. The Morgan fingerprint density at radius 2 is 2.19 bits per heavy atom. The standard InChI is InChI=1S/C11H12IN3O/c1-14-7-9(6-13-14)4-5-15-8-10(12)2-3-11(15)16/h2-3,6-8H,4-5H2,1H3. The molecule has 2 aromatic rings. The highest BCUT2D eigenvalue weighted by Gasteiger charge is 1.99. The number of pyridine rings is 1. The Kier molecular flexibility index (Phi) is 3.42. The lowest BCUT2D eigenvalue weighted by Gasteiger charge is -2.04. The van der Waals surface area contributed by atoms with E-state index in [1.54, 1.807) is 15.3 Å². The monoisotopic (exact) mass is 329 g/mol. The summed E-state index contributed by atoms with van der Waals surface area (Å²) >= 11 is 2.20. The Labute approximate surface area is 107 Å². The molecule has 0 amide bonds. The van der Waals surface area contributed by atoms with Crippen LogP contribution in [0, 0.1) is 3.57 Å². The zero-order valence-electron chi connectivity index (χ0n) is 8.93. The lowest BCUT2D eigenvalue weighted by Crippen LogP contribution is -2.19. The fourth-order valence-corrected chi connectivity index (χ4v) is 2.04. The van der Waals surface area contributed by atoms with Crippen molar-refractivity contribution < 1.29 is 0 Å². The van der Waals surface area contributed by atoms with E-state index >= 15 is 0 Å². The van der Waals surface area contributed by atoms with Gasteiger partial charge in [0.25, 0.3) is 5.56 Å². The van der Waals surface area contributed by atoms with E-state index in [9.17, 15) is 4.79 Å². The molecule has 0 radical (unpaired) electrons. The molecule has 0 aliphatic carbocycles. The van der Waals surface area contributed by atoms with Crippen molar-refractivity contribution in [2.24, 2.45) is 7.05 Å². The van der Waals surface area contributed by atoms with Gasteiger partial charge in [0, 0.05) is 35.6 Å². The largest absolute Gasteiger partial charge is 0.314 e. The number of aryl methyl sites for hydroxylation is 3. The Morgan fingerprint density at radius 3 is 2.88 bits per heavy atom. The van der Waals surface area contributed by atoms with Gasteiger partial charge in [-0.3, -0.25) is 9.48 Å². The molecule has 84 valence electrons. The molecule has 5 heteroatoms. The van der Waals surface area contributed by atoms with E-state index in [0.29, 0.717) is 6.54 Å². The van der Waals surface area contributed by atoms with Crippen molar-refractivity contribution in [2.75, 3.05) is 0 Å². The summed E-state index contributed by atoms with van der Waals surface area (Å²) in [5, 5.41) is 4.10. The minimum atomic E-state index is 0.0457. The van der Waals surface area contributed by atoms with Crippen LogP contribution in [-0.2, 0) is 20.0 Å². The van der Waals surface area contributed by atoms with Gasteiger partial charge in [0.2, 0.25) is 0 Å². The molecule has 0 atom stereocenters. The second-order valence-electron chi connectivity index (χ2n) is 3.65. The number of hydrogen-bond acceptors (Lipinski definition) is 2. The van der Waals surface area contributed by atoms with Gasteiger partial charge in [0.05, 0.1) is 6.20 Å². The molecule has 0 aromatic carbocycles. The van der Waals surface area contributed by atoms with Crippen LogP contribution in [-0.4, -0.2) is 14.3 Å². The van der Waals surface area contributed by atoms with Gasteiger partial charge in [-0.25, -0.2) is 0 Å². The summed E-state index contributed by atoms with van der Waals surface area (Å²) in [6, 6.07) is 3.43. The Bertz CT molecular complexity index is 544. The third-order valence-corrected chi connectivity index (χ3v) is 2.99. The highest BCUT2D eigenvalue weighted by atomic mass is 127. The summed E-state index contributed by atoms with van der Waals surface area (Å²) in [6.45, 7) is 0.696. The van der Waals surface area contributed by atoms with E-state index in [4.69, 9.17) is 0 Å². The average molecular weight is 329 g/mol. The topological polar surface area (TPSA) is 39.8 Å². The Balaban J connectivity index is 2.10. The van der Waals surface area contributed by atoms with Gasteiger partial charge in [-0.2, -0.15) is 5.10 Å². The molecule has 4 nitrogen and oxygen atoms in total. The minimum Gasteiger partial charge on any atom is -0.314 e. The number of hydrogen-bond donors (Lipinski definition) is 0. The summed E-state index contributed by atoms with van der Waals surface area (Å²) in [6.07, 6.45) is 6.50. The van der Waals surface area contributed by atoms with Crippen molar-refractivity contribution in [1.29, 1.82) is 0 Å². The maximum Gasteiger partial charge on any atom is 0.250 e. The zero-order chi connectivity index (χ0) is 11.5. The molecule has 0 aliphatic rings. The maximum absolute atomic E-state index is 11.5. The van der Waals surface area contributed by atoms with Crippen LogP contribution in [0.4, 0.5) is 0 Å². The van der Waals surface area contributed by atoms with E-state index in [2.05, 4.69) is 27.7 Å². The van der Waals surface area contributed by atoms with Crippen LogP contribution in [0.25, 0.3) is 0 Å². The number of aromatic nitrogens is 3. The lowest BCUT2D eigenvalue weighted by molar-refractivity contribution is 0.666. The van der Waals surface area contributed by atoms with Gasteiger partial charge in [0.1, 0.15) is 0 Å². The van der Waals surface area contributed by atoms with E-state index in [1.807, 2.05) is 31.7 Å². The SMILES string of the molecule is Cn1cc(CCn2cc(I)ccc2=O)cn1. The molecule has 2 heterocycles. The average Bonchev–Trinajstić information content (AvgIpc) is 2.66. The molecule has 0 N–H and O–H groups in total.